The zero-order valence-electron chi connectivity index (χ0n) is 12.5. The fraction of sp³-hybridized carbons (Fsp3) is 0.438. The number of unbranched alkanes of at least 4 members (excludes halogenated alkanes) is 1. The Kier molecular flexibility index (Phi) is 5.84. The first-order chi connectivity index (χ1) is 10.7. The molecule has 22 heavy (non-hydrogen) atoms. The minimum Gasteiger partial charge on any atom is -0.482 e. The molecule has 0 bridgehead atoms. The van der Waals surface area contributed by atoms with Crippen LogP contribution in [0.15, 0.2) is 18.2 Å². The summed E-state index contributed by atoms with van der Waals surface area (Å²) >= 11 is 1.53. The summed E-state index contributed by atoms with van der Waals surface area (Å²) in [7, 11) is 0. The lowest BCUT2D eigenvalue weighted by Gasteiger charge is -2.28. The van der Waals surface area contributed by atoms with E-state index in [1.165, 1.54) is 11.8 Å². The van der Waals surface area contributed by atoms with Gasteiger partial charge >= 0.3 is 0 Å². The Morgan fingerprint density at radius 2 is 2.32 bits per heavy atom. The Morgan fingerprint density at radius 3 is 3.05 bits per heavy atom. The van der Waals surface area contributed by atoms with E-state index >= 15 is 0 Å². The van der Waals surface area contributed by atoms with Crippen LogP contribution in [0.1, 0.15) is 30.1 Å². The number of rotatable bonds is 7. The second-order valence-electron chi connectivity index (χ2n) is 4.85. The molecule has 0 aromatic heterocycles. The van der Waals surface area contributed by atoms with Gasteiger partial charge in [0.1, 0.15) is 5.75 Å². The molecule has 5 nitrogen and oxygen atoms in total. The third-order valence-corrected chi connectivity index (χ3v) is 4.39. The van der Waals surface area contributed by atoms with E-state index in [0.29, 0.717) is 35.7 Å². The number of Topliss-reactive ketones (excluding diaryl/α,β-unsaturated/α-hetero) is 1. The molecular formula is C16H18N2O3S. The highest BCUT2D eigenvalue weighted by molar-refractivity contribution is 7.99. The zero-order valence-corrected chi connectivity index (χ0v) is 13.3. The minimum absolute atomic E-state index is 0.0267. The summed E-state index contributed by atoms with van der Waals surface area (Å²) < 4.78 is 5.39. The number of ketones is 1. The van der Waals surface area contributed by atoms with Crippen LogP contribution in [-0.2, 0) is 4.79 Å². The predicted molar refractivity (Wildman–Crippen MR) is 86.5 cm³/mol. The summed E-state index contributed by atoms with van der Waals surface area (Å²) in [5, 5.41) is 8.46. The molecule has 0 saturated heterocycles. The van der Waals surface area contributed by atoms with Crippen molar-refractivity contribution in [1.29, 1.82) is 5.26 Å². The second kappa shape index (κ2) is 7.85. The summed E-state index contributed by atoms with van der Waals surface area (Å²) in [4.78, 5) is 25.7. The predicted octanol–water partition coefficient (Wildman–Crippen LogP) is 2.65. The van der Waals surface area contributed by atoms with Gasteiger partial charge in [-0.3, -0.25) is 9.59 Å². The smallest absolute Gasteiger partial charge is 0.265 e. The first kappa shape index (κ1) is 16.4. The van der Waals surface area contributed by atoms with E-state index in [-0.39, 0.29) is 18.3 Å². The van der Waals surface area contributed by atoms with Crippen molar-refractivity contribution in [3.63, 3.8) is 0 Å². The number of hydrogen-bond acceptors (Lipinski definition) is 5. The van der Waals surface area contributed by atoms with Gasteiger partial charge in [0, 0.05) is 18.5 Å². The lowest BCUT2D eigenvalue weighted by Crippen LogP contribution is -2.38. The number of carbonyl (C=O) groups is 2. The Hall–Kier alpha value is -2.00. The third kappa shape index (κ3) is 3.80. The molecule has 0 atom stereocenters. The fourth-order valence-electron chi connectivity index (χ4n) is 2.22. The highest BCUT2D eigenvalue weighted by atomic mass is 32.2. The van der Waals surface area contributed by atoms with Crippen LogP contribution in [0.25, 0.3) is 0 Å². The highest BCUT2D eigenvalue weighted by Crippen LogP contribution is 2.33. The van der Waals surface area contributed by atoms with Gasteiger partial charge in [0.15, 0.2) is 12.4 Å². The normalized spacial score (nSPS) is 13.3. The van der Waals surface area contributed by atoms with Crippen molar-refractivity contribution in [2.75, 3.05) is 29.6 Å². The molecule has 2 rings (SSSR count). The first-order valence-electron chi connectivity index (χ1n) is 7.22. The molecule has 0 spiro atoms. The highest BCUT2D eigenvalue weighted by Gasteiger charge is 2.25. The van der Waals surface area contributed by atoms with Crippen molar-refractivity contribution in [2.45, 2.75) is 19.8 Å². The second-order valence-corrected chi connectivity index (χ2v) is 5.95. The number of carbonyl (C=O) groups excluding carboxylic acids is 2. The molecule has 0 N–H and O–H groups in total. The number of hydrogen-bond donors (Lipinski definition) is 0. The standard InChI is InChI=1S/C16H18N2O3S/c1-2-18-13-9-12(5-6-15(13)21-10-16(18)20)14(19)11-22-8-4-3-7-17/h5-6,9H,2-4,8,10-11H2,1H3. The number of nitriles is 1. The average Bonchev–Trinajstić information content (AvgIpc) is 2.54. The summed E-state index contributed by atoms with van der Waals surface area (Å²) in [5.74, 6) is 1.75. The van der Waals surface area contributed by atoms with Crippen molar-refractivity contribution in [2.24, 2.45) is 0 Å². The number of amides is 1. The number of ether oxygens (including phenoxy) is 1. The van der Waals surface area contributed by atoms with E-state index in [1.807, 2.05) is 6.92 Å². The SMILES string of the molecule is CCN1C(=O)COc2ccc(C(=O)CSCCCC#N)cc21. The quantitative estimate of drug-likeness (QED) is 0.571. The fourth-order valence-corrected chi connectivity index (χ4v) is 3.07. The van der Waals surface area contributed by atoms with E-state index in [9.17, 15) is 9.59 Å². The van der Waals surface area contributed by atoms with Crippen molar-refractivity contribution >= 4 is 29.1 Å². The topological polar surface area (TPSA) is 70.4 Å². The molecule has 1 amide bonds. The average molecular weight is 318 g/mol. The first-order valence-corrected chi connectivity index (χ1v) is 8.38. The molecule has 0 radical (unpaired) electrons. The largest absolute Gasteiger partial charge is 0.482 e. The molecule has 1 aromatic rings. The zero-order chi connectivity index (χ0) is 15.9. The van der Waals surface area contributed by atoms with Gasteiger partial charge in [-0.1, -0.05) is 0 Å². The van der Waals surface area contributed by atoms with Crippen molar-refractivity contribution in [3.05, 3.63) is 23.8 Å². The van der Waals surface area contributed by atoms with E-state index in [4.69, 9.17) is 10.00 Å². The van der Waals surface area contributed by atoms with E-state index in [1.54, 1.807) is 23.1 Å². The van der Waals surface area contributed by atoms with Gasteiger partial charge in [-0.15, -0.1) is 0 Å². The molecule has 1 aliphatic heterocycles. The Morgan fingerprint density at radius 1 is 1.50 bits per heavy atom. The molecule has 0 unspecified atom stereocenters. The Labute approximate surface area is 134 Å². The summed E-state index contributed by atoms with van der Waals surface area (Å²) in [6.45, 7) is 2.49. The van der Waals surface area contributed by atoms with Crippen molar-refractivity contribution < 1.29 is 14.3 Å². The lowest BCUT2D eigenvalue weighted by molar-refractivity contribution is -0.121. The maximum absolute atomic E-state index is 12.2. The monoisotopic (exact) mass is 318 g/mol. The molecule has 1 aliphatic rings. The minimum atomic E-state index is -0.0922. The van der Waals surface area contributed by atoms with Crippen LogP contribution in [0.4, 0.5) is 5.69 Å². The van der Waals surface area contributed by atoms with Gasteiger partial charge in [-0.25, -0.2) is 0 Å². The van der Waals surface area contributed by atoms with Crippen LogP contribution < -0.4 is 9.64 Å². The van der Waals surface area contributed by atoms with Crippen LogP contribution in [0.3, 0.4) is 0 Å². The molecule has 0 fully saturated rings. The number of nitrogens with zero attached hydrogens (tertiary/aromatic N) is 2. The van der Waals surface area contributed by atoms with Crippen molar-refractivity contribution in [1.82, 2.24) is 0 Å². The maximum atomic E-state index is 12.2. The molecule has 116 valence electrons. The van der Waals surface area contributed by atoms with Gasteiger partial charge in [-0.05, 0) is 37.3 Å². The van der Waals surface area contributed by atoms with Gasteiger partial charge in [-0.2, -0.15) is 17.0 Å². The van der Waals surface area contributed by atoms with Gasteiger partial charge < -0.3 is 9.64 Å². The van der Waals surface area contributed by atoms with Crippen LogP contribution in [0, 0.1) is 11.3 Å². The molecule has 1 aromatic carbocycles. The third-order valence-electron chi connectivity index (χ3n) is 3.35. The van der Waals surface area contributed by atoms with Gasteiger partial charge in [0.05, 0.1) is 17.5 Å². The Bertz CT molecular complexity index is 610. The number of thioether (sulfide) groups is 1. The van der Waals surface area contributed by atoms with Crippen LogP contribution in [0.2, 0.25) is 0 Å². The van der Waals surface area contributed by atoms with Crippen molar-refractivity contribution in [3.8, 4) is 11.8 Å². The summed E-state index contributed by atoms with van der Waals surface area (Å²) in [6.07, 6.45) is 1.32. The number of fused-ring (bicyclic) bond motifs is 1. The van der Waals surface area contributed by atoms with Crippen LogP contribution in [0.5, 0.6) is 5.75 Å². The molecule has 0 saturated carbocycles. The van der Waals surface area contributed by atoms with E-state index < -0.39 is 0 Å². The molecular weight excluding hydrogens is 300 g/mol. The van der Waals surface area contributed by atoms with Crippen LogP contribution >= 0.6 is 11.8 Å². The Balaban J connectivity index is 2.04. The molecule has 1 heterocycles. The van der Waals surface area contributed by atoms with E-state index in [2.05, 4.69) is 6.07 Å². The summed E-state index contributed by atoms with van der Waals surface area (Å²) in [5.41, 5.74) is 1.25. The van der Waals surface area contributed by atoms with Crippen LogP contribution in [-0.4, -0.2) is 36.3 Å². The molecule has 6 heteroatoms. The number of benzene rings is 1. The van der Waals surface area contributed by atoms with E-state index in [0.717, 1.165) is 12.2 Å². The lowest BCUT2D eigenvalue weighted by atomic mass is 10.1. The maximum Gasteiger partial charge on any atom is 0.265 e. The summed E-state index contributed by atoms with van der Waals surface area (Å²) in [6, 6.07) is 7.30. The number of anilines is 1. The number of likely N-dealkylation sites (N-methyl/N-ethyl adjacent to an activating group) is 1. The molecule has 0 aliphatic carbocycles. The van der Waals surface area contributed by atoms with Gasteiger partial charge in [0.2, 0.25) is 0 Å². The van der Waals surface area contributed by atoms with Gasteiger partial charge in [0.25, 0.3) is 5.91 Å².